The minimum atomic E-state index is -1.46. The molecule has 0 aromatic heterocycles. The summed E-state index contributed by atoms with van der Waals surface area (Å²) in [4.78, 5) is 78.1. The zero-order valence-electron chi connectivity index (χ0n) is 26.3. The number of para-hydroxylation sites is 1. The van der Waals surface area contributed by atoms with Crippen molar-refractivity contribution in [2.75, 3.05) is 19.7 Å². The van der Waals surface area contributed by atoms with Crippen molar-refractivity contribution in [3.63, 3.8) is 0 Å². The lowest BCUT2D eigenvalue weighted by atomic mass is 9.84. The highest BCUT2D eigenvalue weighted by Crippen LogP contribution is 2.23. The van der Waals surface area contributed by atoms with Crippen molar-refractivity contribution in [1.82, 2.24) is 26.6 Å². The largest absolute Gasteiger partial charge is 0.491 e. The first-order valence-corrected chi connectivity index (χ1v) is 14.9. The number of primary amides is 1. The van der Waals surface area contributed by atoms with Crippen LogP contribution in [-0.4, -0.2) is 73.3 Å². The fourth-order valence-electron chi connectivity index (χ4n) is 4.74. The number of ether oxygens (including phenoxy) is 1. The minimum absolute atomic E-state index is 0.0263. The third kappa shape index (κ3) is 10.0. The maximum atomic E-state index is 13.5. The number of rotatable bonds is 7. The maximum absolute atomic E-state index is 13.5. The molecule has 0 saturated carbocycles. The number of nitrogens with two attached hydrogens (primary N) is 1. The molecular formula is C32H41FN6O7. The number of nitrogens with one attached hydrogen (secondary N) is 5. The highest BCUT2D eigenvalue weighted by Gasteiger charge is 2.33. The van der Waals surface area contributed by atoms with Crippen LogP contribution in [0.3, 0.4) is 0 Å². The summed E-state index contributed by atoms with van der Waals surface area (Å²) in [5.41, 5.74) is 5.50. The fourth-order valence-corrected chi connectivity index (χ4v) is 4.74. The van der Waals surface area contributed by atoms with Crippen molar-refractivity contribution in [3.8, 4) is 5.75 Å². The molecule has 1 heterocycles. The summed E-state index contributed by atoms with van der Waals surface area (Å²) in [5.74, 6) is -5.13. The Morgan fingerprint density at radius 1 is 1.00 bits per heavy atom. The van der Waals surface area contributed by atoms with E-state index in [1.165, 1.54) is 18.2 Å². The molecule has 1 aliphatic heterocycles. The zero-order chi connectivity index (χ0) is 34.0. The number of carbonyl (C=O) groups is 6. The second-order valence-corrected chi connectivity index (χ2v) is 12.0. The smallest absolute Gasteiger partial charge is 0.255 e. The molecule has 14 heteroatoms. The van der Waals surface area contributed by atoms with Gasteiger partial charge in [-0.1, -0.05) is 52.0 Å². The molecule has 0 fully saturated rings. The van der Waals surface area contributed by atoms with E-state index in [1.807, 2.05) is 13.8 Å². The molecule has 0 aliphatic carbocycles. The van der Waals surface area contributed by atoms with E-state index in [4.69, 9.17) is 10.5 Å². The predicted molar refractivity (Wildman–Crippen MR) is 166 cm³/mol. The molecule has 3 atom stereocenters. The first kappa shape index (κ1) is 35.5. The average Bonchev–Trinajstić information content (AvgIpc) is 2.99. The van der Waals surface area contributed by atoms with E-state index in [-0.39, 0.29) is 36.9 Å². The van der Waals surface area contributed by atoms with Gasteiger partial charge in [-0.15, -0.1) is 0 Å². The number of hydrogen-bond acceptors (Lipinski definition) is 7. The van der Waals surface area contributed by atoms with E-state index in [9.17, 15) is 33.2 Å². The van der Waals surface area contributed by atoms with Gasteiger partial charge in [-0.05, 0) is 35.7 Å². The lowest BCUT2D eigenvalue weighted by Crippen LogP contribution is -2.57. The Morgan fingerprint density at radius 2 is 1.67 bits per heavy atom. The van der Waals surface area contributed by atoms with Gasteiger partial charge in [0.15, 0.2) is 0 Å². The highest BCUT2D eigenvalue weighted by atomic mass is 19.1. The van der Waals surface area contributed by atoms with Crippen LogP contribution in [0.15, 0.2) is 48.5 Å². The third-order valence-electron chi connectivity index (χ3n) is 7.44. The van der Waals surface area contributed by atoms with Crippen LogP contribution in [0.4, 0.5) is 4.39 Å². The summed E-state index contributed by atoms with van der Waals surface area (Å²) in [6.45, 7) is 7.15. The van der Waals surface area contributed by atoms with Crippen LogP contribution >= 0.6 is 0 Å². The molecule has 0 bridgehead atoms. The Kier molecular flexibility index (Phi) is 12.2. The number of amides is 6. The number of halogens is 1. The van der Waals surface area contributed by atoms with Gasteiger partial charge in [0.1, 0.15) is 36.3 Å². The Labute approximate surface area is 266 Å². The van der Waals surface area contributed by atoms with E-state index >= 15 is 0 Å². The molecule has 2 aromatic rings. The topological polar surface area (TPSA) is 198 Å². The van der Waals surface area contributed by atoms with E-state index in [2.05, 4.69) is 26.6 Å². The van der Waals surface area contributed by atoms with Gasteiger partial charge in [0, 0.05) is 12.0 Å². The van der Waals surface area contributed by atoms with Crippen LogP contribution in [0.5, 0.6) is 5.75 Å². The van der Waals surface area contributed by atoms with Crippen LogP contribution < -0.4 is 37.1 Å². The van der Waals surface area contributed by atoms with Gasteiger partial charge in [0.05, 0.1) is 24.9 Å². The standard InChI is InChI=1S/C32H41FN6O7/c1-18(2)27-31(45)35-13-14-46-24-8-6-5-7-21(24)28(42)38-23(16-26(41)37-22(15-25(34)40)30(44)39-27)29(43)36-17-32(3,4)19-9-11-20(33)12-10-19/h5-12,18,22-23,27H,13-17H2,1-4H3,(H2,34,40)(H,35,45)(H,36,43)(H,37,41)(H,38,42)(H,39,44)/t22-,23-,27+/m0/s1. The maximum Gasteiger partial charge on any atom is 0.255 e. The Morgan fingerprint density at radius 3 is 2.33 bits per heavy atom. The summed E-state index contributed by atoms with van der Waals surface area (Å²) >= 11 is 0. The monoisotopic (exact) mass is 640 g/mol. The molecule has 0 saturated heterocycles. The lowest BCUT2D eigenvalue weighted by Gasteiger charge is -2.27. The van der Waals surface area contributed by atoms with Crippen molar-refractivity contribution >= 4 is 35.4 Å². The zero-order valence-corrected chi connectivity index (χ0v) is 26.3. The van der Waals surface area contributed by atoms with Gasteiger partial charge in [-0.25, -0.2) is 4.39 Å². The summed E-state index contributed by atoms with van der Waals surface area (Å²) in [7, 11) is 0. The van der Waals surface area contributed by atoms with Gasteiger partial charge >= 0.3 is 0 Å². The number of hydrogen-bond donors (Lipinski definition) is 6. The van der Waals surface area contributed by atoms with Crippen LogP contribution in [0.2, 0.25) is 0 Å². The van der Waals surface area contributed by atoms with Crippen LogP contribution in [0.1, 0.15) is 56.5 Å². The van der Waals surface area contributed by atoms with Gasteiger partial charge in [0.25, 0.3) is 5.91 Å². The molecule has 0 spiro atoms. The fraction of sp³-hybridized carbons (Fsp3) is 0.438. The van der Waals surface area contributed by atoms with Gasteiger partial charge in [-0.2, -0.15) is 0 Å². The number of benzene rings is 2. The van der Waals surface area contributed by atoms with Crippen LogP contribution in [0, 0.1) is 11.7 Å². The van der Waals surface area contributed by atoms with Crippen LogP contribution in [-0.2, 0) is 29.4 Å². The Bertz CT molecular complexity index is 1450. The molecule has 46 heavy (non-hydrogen) atoms. The van der Waals surface area contributed by atoms with Crippen molar-refractivity contribution in [2.45, 2.75) is 64.1 Å². The SMILES string of the molecule is CC(C)[C@H]1NC(=O)[C@H](CC(N)=O)NC(=O)C[C@@H](C(=O)NCC(C)(C)c2ccc(F)cc2)NC(=O)c2ccccc2OCCNC1=O. The van der Waals surface area contributed by atoms with Gasteiger partial charge in [0.2, 0.25) is 29.5 Å². The predicted octanol–water partition coefficient (Wildman–Crippen LogP) is 0.418. The van der Waals surface area contributed by atoms with E-state index in [1.54, 1.807) is 44.2 Å². The van der Waals surface area contributed by atoms with Crippen molar-refractivity contribution in [1.29, 1.82) is 0 Å². The summed E-state index contributed by atoms with van der Waals surface area (Å²) in [5, 5.41) is 13.0. The van der Waals surface area contributed by atoms with E-state index in [0.29, 0.717) is 0 Å². The Balaban J connectivity index is 1.92. The molecule has 2 aromatic carbocycles. The number of fused-ring (bicyclic) bond motifs is 1. The van der Waals surface area contributed by atoms with Crippen LogP contribution in [0.25, 0.3) is 0 Å². The van der Waals surface area contributed by atoms with Gasteiger partial charge in [-0.3, -0.25) is 28.8 Å². The van der Waals surface area contributed by atoms with E-state index in [0.717, 1.165) is 5.56 Å². The normalized spacial score (nSPS) is 20.2. The van der Waals surface area contributed by atoms with Gasteiger partial charge < -0.3 is 37.1 Å². The molecule has 3 rings (SSSR count). The average molecular weight is 641 g/mol. The summed E-state index contributed by atoms with van der Waals surface area (Å²) < 4.78 is 19.2. The Hall–Kier alpha value is -5.01. The second kappa shape index (κ2) is 15.8. The first-order valence-electron chi connectivity index (χ1n) is 14.9. The van der Waals surface area contributed by atoms with Crippen molar-refractivity contribution in [3.05, 3.63) is 65.5 Å². The molecule has 6 amide bonds. The molecule has 13 nitrogen and oxygen atoms in total. The highest BCUT2D eigenvalue weighted by molar-refractivity contribution is 6.01. The summed E-state index contributed by atoms with van der Waals surface area (Å²) in [6, 6.07) is 8.16. The lowest BCUT2D eigenvalue weighted by molar-refractivity contribution is -0.134. The first-order chi connectivity index (χ1) is 21.7. The van der Waals surface area contributed by atoms with Crippen molar-refractivity contribution in [2.24, 2.45) is 11.7 Å². The molecular weight excluding hydrogens is 599 g/mol. The number of carbonyl (C=O) groups excluding carboxylic acids is 6. The van der Waals surface area contributed by atoms with E-state index < -0.39 is 77.6 Å². The molecule has 0 unspecified atom stereocenters. The molecule has 7 N–H and O–H groups in total. The molecule has 248 valence electrons. The minimum Gasteiger partial charge on any atom is -0.491 e. The third-order valence-corrected chi connectivity index (χ3v) is 7.44. The molecule has 0 radical (unpaired) electrons. The summed E-state index contributed by atoms with van der Waals surface area (Å²) in [6.07, 6.45) is -1.20. The quantitative estimate of drug-likeness (QED) is 0.252. The van der Waals surface area contributed by atoms with Crippen molar-refractivity contribution < 1.29 is 37.9 Å². The second-order valence-electron chi connectivity index (χ2n) is 12.0. The molecule has 1 aliphatic rings.